The van der Waals surface area contributed by atoms with Gasteiger partial charge < -0.3 is 10.7 Å². The van der Waals surface area contributed by atoms with Crippen molar-refractivity contribution in [1.29, 1.82) is 0 Å². The van der Waals surface area contributed by atoms with Crippen LogP contribution in [0.15, 0.2) is 24.3 Å². The third-order valence-corrected chi connectivity index (χ3v) is 5.41. The summed E-state index contributed by atoms with van der Waals surface area (Å²) in [5.41, 5.74) is 11.0. The highest BCUT2D eigenvalue weighted by Gasteiger charge is 2.40. The third-order valence-electron chi connectivity index (χ3n) is 5.41. The zero-order chi connectivity index (χ0) is 12.9. The van der Waals surface area contributed by atoms with Crippen molar-refractivity contribution in [2.75, 3.05) is 0 Å². The predicted octanol–water partition coefficient (Wildman–Crippen LogP) is 3.64. The molecule has 1 aromatic heterocycles. The number of aromatic amines is 1. The van der Waals surface area contributed by atoms with Gasteiger partial charge in [-0.15, -0.1) is 0 Å². The van der Waals surface area contributed by atoms with Crippen LogP contribution in [0.25, 0.3) is 10.9 Å². The van der Waals surface area contributed by atoms with Crippen LogP contribution >= 0.6 is 0 Å². The lowest BCUT2D eigenvalue weighted by atomic mass is 9.64. The van der Waals surface area contributed by atoms with Gasteiger partial charge in [0, 0.05) is 28.1 Å². The van der Waals surface area contributed by atoms with Gasteiger partial charge in [0.05, 0.1) is 0 Å². The predicted molar refractivity (Wildman–Crippen MR) is 79.4 cm³/mol. The Bertz CT molecular complexity index is 603. The molecule has 2 aromatic rings. The molecule has 0 bridgehead atoms. The molecule has 1 fully saturated rings. The molecule has 2 nitrogen and oxygen atoms in total. The van der Waals surface area contributed by atoms with Crippen LogP contribution in [0.2, 0.25) is 0 Å². The zero-order valence-corrected chi connectivity index (χ0v) is 11.4. The number of hydrogen-bond donors (Lipinski definition) is 2. The Hall–Kier alpha value is -1.28. The van der Waals surface area contributed by atoms with Crippen LogP contribution in [0.4, 0.5) is 0 Å². The van der Waals surface area contributed by atoms with Gasteiger partial charge in [0.2, 0.25) is 0 Å². The van der Waals surface area contributed by atoms with Crippen LogP contribution in [0.1, 0.15) is 49.8 Å². The highest BCUT2D eigenvalue weighted by Crippen LogP contribution is 2.48. The van der Waals surface area contributed by atoms with Gasteiger partial charge in [-0.1, -0.05) is 18.2 Å². The van der Waals surface area contributed by atoms with Crippen molar-refractivity contribution >= 4 is 10.9 Å². The van der Waals surface area contributed by atoms with E-state index in [1.807, 2.05) is 0 Å². The van der Waals surface area contributed by atoms with E-state index in [4.69, 9.17) is 5.73 Å². The molecule has 1 heterocycles. The fraction of sp³-hybridized carbons (Fsp3) is 0.529. The Labute approximate surface area is 114 Å². The number of rotatable bonds is 0. The Morgan fingerprint density at radius 3 is 2.74 bits per heavy atom. The molecule has 0 saturated heterocycles. The fourth-order valence-electron chi connectivity index (χ4n) is 4.33. The molecule has 3 N–H and O–H groups in total. The maximum absolute atomic E-state index is 6.11. The Morgan fingerprint density at radius 2 is 1.89 bits per heavy atom. The minimum absolute atomic E-state index is 0.405. The van der Waals surface area contributed by atoms with E-state index in [0.29, 0.717) is 11.5 Å². The number of H-pyrrole nitrogens is 1. The van der Waals surface area contributed by atoms with Crippen LogP contribution in [0.3, 0.4) is 0 Å². The van der Waals surface area contributed by atoms with Crippen LogP contribution in [0, 0.1) is 0 Å². The standard InChI is InChI=1S/C17H22N2/c18-12-7-10-17(11-8-12)9-3-5-14-13-4-1-2-6-15(13)19-16(14)17/h1-2,4,6,12,19H,3,5,7-11,18H2. The van der Waals surface area contributed by atoms with Crippen molar-refractivity contribution in [3.05, 3.63) is 35.5 Å². The summed E-state index contributed by atoms with van der Waals surface area (Å²) < 4.78 is 0. The van der Waals surface area contributed by atoms with E-state index in [1.165, 1.54) is 55.8 Å². The normalized spacial score (nSPS) is 30.7. The molecule has 100 valence electrons. The van der Waals surface area contributed by atoms with Crippen LogP contribution < -0.4 is 5.73 Å². The molecule has 0 unspecified atom stereocenters. The van der Waals surface area contributed by atoms with E-state index in [1.54, 1.807) is 11.3 Å². The van der Waals surface area contributed by atoms with Gasteiger partial charge in [-0.25, -0.2) is 0 Å². The molecular formula is C17H22N2. The monoisotopic (exact) mass is 254 g/mol. The first-order valence-electron chi connectivity index (χ1n) is 7.64. The maximum Gasteiger partial charge on any atom is 0.0459 e. The number of fused-ring (bicyclic) bond motifs is 4. The lowest BCUT2D eigenvalue weighted by molar-refractivity contribution is 0.233. The Balaban J connectivity index is 1.86. The smallest absolute Gasteiger partial charge is 0.0459 e. The van der Waals surface area contributed by atoms with Gasteiger partial charge in [-0.2, -0.15) is 0 Å². The van der Waals surface area contributed by atoms with Gasteiger partial charge in [0.15, 0.2) is 0 Å². The highest BCUT2D eigenvalue weighted by molar-refractivity contribution is 5.85. The number of hydrogen-bond acceptors (Lipinski definition) is 1. The summed E-state index contributed by atoms with van der Waals surface area (Å²) in [5, 5.41) is 1.45. The average molecular weight is 254 g/mol. The average Bonchev–Trinajstić information content (AvgIpc) is 2.83. The van der Waals surface area contributed by atoms with Crippen molar-refractivity contribution in [2.45, 2.75) is 56.4 Å². The first kappa shape index (κ1) is 11.5. The molecule has 2 heteroatoms. The quantitative estimate of drug-likeness (QED) is 0.740. The van der Waals surface area contributed by atoms with Gasteiger partial charge >= 0.3 is 0 Å². The Kier molecular flexibility index (Phi) is 2.49. The number of para-hydroxylation sites is 1. The van der Waals surface area contributed by atoms with Crippen molar-refractivity contribution < 1.29 is 0 Å². The molecule has 2 aliphatic carbocycles. The molecule has 0 radical (unpaired) electrons. The van der Waals surface area contributed by atoms with E-state index in [0.717, 1.165) is 0 Å². The number of nitrogens with one attached hydrogen (secondary N) is 1. The number of aromatic nitrogens is 1. The molecule has 0 atom stereocenters. The molecule has 1 aromatic carbocycles. The van der Waals surface area contributed by atoms with E-state index >= 15 is 0 Å². The summed E-state index contributed by atoms with van der Waals surface area (Å²) >= 11 is 0. The third kappa shape index (κ3) is 1.66. The second kappa shape index (κ2) is 4.11. The number of aryl methyl sites for hydroxylation is 1. The van der Waals surface area contributed by atoms with E-state index in [2.05, 4.69) is 29.2 Å². The van der Waals surface area contributed by atoms with Gasteiger partial charge in [-0.05, 0) is 56.6 Å². The molecule has 0 amide bonds. The van der Waals surface area contributed by atoms with Crippen LogP contribution in [0.5, 0.6) is 0 Å². The maximum atomic E-state index is 6.11. The van der Waals surface area contributed by atoms with Crippen LogP contribution in [-0.4, -0.2) is 11.0 Å². The molecular weight excluding hydrogens is 232 g/mol. The summed E-state index contributed by atoms with van der Waals surface area (Å²) in [6.45, 7) is 0. The highest BCUT2D eigenvalue weighted by atomic mass is 14.8. The number of nitrogens with two attached hydrogens (primary N) is 1. The summed E-state index contributed by atoms with van der Waals surface area (Å²) in [6, 6.07) is 9.22. The van der Waals surface area contributed by atoms with Crippen molar-refractivity contribution in [2.24, 2.45) is 5.73 Å². The van der Waals surface area contributed by atoms with Gasteiger partial charge in [0.1, 0.15) is 0 Å². The first-order valence-corrected chi connectivity index (χ1v) is 7.64. The summed E-state index contributed by atoms with van der Waals surface area (Å²) in [7, 11) is 0. The molecule has 2 aliphatic rings. The summed E-state index contributed by atoms with van der Waals surface area (Å²) in [6.07, 6.45) is 8.85. The van der Waals surface area contributed by atoms with Crippen LogP contribution in [-0.2, 0) is 11.8 Å². The molecule has 0 aliphatic heterocycles. The van der Waals surface area contributed by atoms with Gasteiger partial charge in [-0.3, -0.25) is 0 Å². The second-order valence-electron chi connectivity index (χ2n) is 6.50. The SMILES string of the molecule is NC1CCC2(CCCc3c2[nH]c2ccccc32)CC1. The lowest BCUT2D eigenvalue weighted by Crippen LogP contribution is -2.39. The largest absolute Gasteiger partial charge is 0.358 e. The Morgan fingerprint density at radius 1 is 1.11 bits per heavy atom. The van der Waals surface area contributed by atoms with E-state index < -0.39 is 0 Å². The first-order chi connectivity index (χ1) is 9.28. The van der Waals surface area contributed by atoms with Gasteiger partial charge in [0.25, 0.3) is 0 Å². The minimum atomic E-state index is 0.405. The van der Waals surface area contributed by atoms with Crippen molar-refractivity contribution in [1.82, 2.24) is 4.98 Å². The van der Waals surface area contributed by atoms with Crippen molar-refractivity contribution in [3.63, 3.8) is 0 Å². The molecule has 4 rings (SSSR count). The fourth-order valence-corrected chi connectivity index (χ4v) is 4.33. The summed E-state index contributed by atoms with van der Waals surface area (Å²) in [5.74, 6) is 0. The molecule has 19 heavy (non-hydrogen) atoms. The van der Waals surface area contributed by atoms with E-state index in [-0.39, 0.29) is 0 Å². The molecule has 1 spiro atoms. The number of benzene rings is 1. The molecule has 1 saturated carbocycles. The van der Waals surface area contributed by atoms with Crippen molar-refractivity contribution in [3.8, 4) is 0 Å². The topological polar surface area (TPSA) is 41.8 Å². The summed E-state index contributed by atoms with van der Waals surface area (Å²) in [4.78, 5) is 3.75. The zero-order valence-electron chi connectivity index (χ0n) is 11.4. The lowest BCUT2D eigenvalue weighted by Gasteiger charge is -2.42. The van der Waals surface area contributed by atoms with E-state index in [9.17, 15) is 0 Å². The second-order valence-corrected chi connectivity index (χ2v) is 6.50. The minimum Gasteiger partial charge on any atom is -0.358 e.